The fraction of sp³-hybridized carbons (Fsp3) is 0.543. The third-order valence-electron chi connectivity index (χ3n) is 8.59. The number of carboxylic acid groups (broad SMARTS) is 1. The van der Waals surface area contributed by atoms with Crippen LogP contribution in [0.15, 0.2) is 30.4 Å². The fourth-order valence-electron chi connectivity index (χ4n) is 5.62. The highest BCUT2D eigenvalue weighted by Gasteiger charge is 2.48. The van der Waals surface area contributed by atoms with E-state index >= 15 is 0 Å². The maximum atomic E-state index is 13.4. The summed E-state index contributed by atoms with van der Waals surface area (Å²) in [5, 5.41) is 53.1. The van der Waals surface area contributed by atoms with Crippen LogP contribution < -0.4 is 31.3 Å². The van der Waals surface area contributed by atoms with Gasteiger partial charge < -0.3 is 66.0 Å². The van der Waals surface area contributed by atoms with Gasteiger partial charge in [-0.05, 0) is 44.0 Å². The first-order valence-corrected chi connectivity index (χ1v) is 17.8. The van der Waals surface area contributed by atoms with Crippen molar-refractivity contribution in [2.75, 3.05) is 45.7 Å². The molecule has 1 fully saturated rings. The molecular weight excluding hydrogens is 760 g/mol. The summed E-state index contributed by atoms with van der Waals surface area (Å²) in [4.78, 5) is 100.0. The third kappa shape index (κ3) is 13.6. The topological polar surface area (TPSA) is 318 Å². The number of hydrogen-bond donors (Lipinski definition) is 9. The summed E-state index contributed by atoms with van der Waals surface area (Å²) in [5.41, 5.74) is 0.118. The lowest BCUT2D eigenvalue weighted by Gasteiger charge is -2.38. The Morgan fingerprint density at radius 1 is 0.965 bits per heavy atom. The van der Waals surface area contributed by atoms with E-state index in [-0.39, 0.29) is 68.4 Å². The first kappa shape index (κ1) is 44.2. The van der Waals surface area contributed by atoms with E-state index in [1.165, 1.54) is 32.4 Å². The molecule has 0 bridgehead atoms. The summed E-state index contributed by atoms with van der Waals surface area (Å²) in [6, 6.07) is 1.33. The first-order chi connectivity index (χ1) is 27.6. The number of carbonyl (C=O) groups excluding carboxylic acids is 7. The van der Waals surface area contributed by atoms with Gasteiger partial charge in [-0.2, -0.15) is 0 Å². The predicted molar refractivity (Wildman–Crippen MR) is 192 cm³/mol. The molecule has 3 rings (SSSR count). The molecule has 1 saturated heterocycles. The first-order valence-electron chi connectivity index (χ1n) is 18.3. The molecule has 22 nitrogen and oxygen atoms in total. The number of aliphatic hydroxyl groups excluding tert-OH is 3. The van der Waals surface area contributed by atoms with Gasteiger partial charge >= 0.3 is 5.97 Å². The molecule has 9 N–H and O–H groups in total. The number of amides is 6. The largest absolute Gasteiger partial charge is 0.479 e. The molecule has 2 aliphatic rings. The molecule has 22 heteroatoms. The number of aliphatic carboxylic acids is 1. The lowest BCUT2D eigenvalue weighted by molar-refractivity contribution is -0.271. The molecule has 7 atom stereocenters. The standard InChI is InChI=1S/C35H48N6O16/c1-36-16-22(41-26(45)8-9-27(41)46)33(51)40-20(5-3-4-12-37-24(43)11-14-54-2)32(50)38-13-10-25(44)39-21-15-19(17-55-18-42)6-7-23(21)56-35-30(49)28(47)29(48)31(57-35)34(52)53/h6-9,15,18,20,22,28-31,35-36,47-49H,3-5,10-14,16-17H2,1-2H3,(H,37,43)(H,38,50)(H,39,44)(H,40,51)(H,52,53)/t20?,22?,28-,29-,30+,31-,35+/m0/s1/i18D. The molecular formula is C35H48N6O16. The number of nitrogens with zero attached hydrogens (tertiary/aromatic N) is 1. The van der Waals surface area contributed by atoms with E-state index in [0.717, 1.165) is 17.1 Å². The molecule has 0 spiro atoms. The van der Waals surface area contributed by atoms with Crippen LogP contribution in [0.1, 0.15) is 39.0 Å². The van der Waals surface area contributed by atoms with Crippen molar-refractivity contribution in [3.8, 4) is 5.75 Å². The van der Waals surface area contributed by atoms with Gasteiger partial charge in [-0.3, -0.25) is 38.5 Å². The van der Waals surface area contributed by atoms with Crippen molar-refractivity contribution < 1.29 is 79.1 Å². The van der Waals surface area contributed by atoms with Crippen LogP contribution in [0.3, 0.4) is 0 Å². The lowest BCUT2D eigenvalue weighted by atomic mass is 9.99. The number of aliphatic hydroxyl groups is 3. The van der Waals surface area contributed by atoms with E-state index < -0.39 is 91.3 Å². The molecule has 1 aromatic rings. The van der Waals surface area contributed by atoms with E-state index in [0.29, 0.717) is 12.8 Å². The van der Waals surface area contributed by atoms with E-state index in [4.69, 9.17) is 15.6 Å². The van der Waals surface area contributed by atoms with Crippen LogP contribution in [0, 0.1) is 0 Å². The van der Waals surface area contributed by atoms with Crippen LogP contribution >= 0.6 is 0 Å². The zero-order chi connectivity index (χ0) is 42.9. The SMILES string of the molecule is [2H]C(=O)OCc1ccc(O[C@@H]2O[C@H](C(=O)O)[C@@H](O)[C@H](O)[C@H]2O)c(NC(=O)CCNC(=O)C(CCCCNC(=O)CCOC)NC(=O)C(CNC)N2C(=O)C=CC2=O)c1. The number of anilines is 1. The number of unbranched alkanes of at least 4 members (excludes halogenated alkanes) is 1. The van der Waals surface area contributed by atoms with Gasteiger partial charge in [0.05, 0.1) is 12.3 Å². The van der Waals surface area contributed by atoms with Crippen molar-refractivity contribution in [2.45, 2.75) is 81.5 Å². The minimum Gasteiger partial charge on any atom is -0.479 e. The Morgan fingerprint density at radius 2 is 1.68 bits per heavy atom. The molecule has 314 valence electrons. The van der Waals surface area contributed by atoms with Gasteiger partial charge in [-0.25, -0.2) is 4.79 Å². The monoisotopic (exact) mass is 809 g/mol. The highest BCUT2D eigenvalue weighted by molar-refractivity contribution is 6.15. The van der Waals surface area contributed by atoms with Gasteiger partial charge in [0.15, 0.2) is 7.47 Å². The molecule has 2 aliphatic heterocycles. The van der Waals surface area contributed by atoms with Crippen LogP contribution in [0.2, 0.25) is 0 Å². The van der Waals surface area contributed by atoms with Crippen molar-refractivity contribution in [1.29, 1.82) is 0 Å². The summed E-state index contributed by atoms with van der Waals surface area (Å²) in [6.45, 7) is -0.321. The number of ether oxygens (including phenoxy) is 4. The Kier molecular flexibility index (Phi) is 17.7. The smallest absolute Gasteiger partial charge is 0.335 e. The zero-order valence-corrected chi connectivity index (χ0v) is 31.1. The van der Waals surface area contributed by atoms with Crippen LogP contribution in [-0.4, -0.2) is 156 Å². The Morgan fingerprint density at radius 3 is 2.33 bits per heavy atom. The summed E-state index contributed by atoms with van der Waals surface area (Å²) < 4.78 is 27.3. The molecule has 6 amide bonds. The average Bonchev–Trinajstić information content (AvgIpc) is 3.51. The maximum Gasteiger partial charge on any atom is 0.335 e. The number of carboxylic acids is 1. The number of hydrogen-bond acceptors (Lipinski definition) is 16. The predicted octanol–water partition coefficient (Wildman–Crippen LogP) is -3.60. The lowest BCUT2D eigenvalue weighted by Crippen LogP contribution is -2.61. The van der Waals surface area contributed by atoms with Crippen molar-refractivity contribution in [3.63, 3.8) is 0 Å². The molecule has 2 heterocycles. The van der Waals surface area contributed by atoms with Crippen LogP contribution in [0.25, 0.3) is 0 Å². The van der Waals surface area contributed by atoms with Gasteiger partial charge in [0.1, 0.15) is 42.8 Å². The Labute approximate surface area is 327 Å². The quantitative estimate of drug-likeness (QED) is 0.0293. The summed E-state index contributed by atoms with van der Waals surface area (Å²) in [5.74, 6) is -5.81. The molecule has 0 aliphatic carbocycles. The normalized spacial score (nSPS) is 21.5. The summed E-state index contributed by atoms with van der Waals surface area (Å²) >= 11 is 0. The minimum atomic E-state index is -2.00. The molecule has 2 unspecified atom stereocenters. The maximum absolute atomic E-state index is 13.4. The molecule has 1 aromatic carbocycles. The van der Waals surface area contributed by atoms with Gasteiger partial charge in [0, 0.05) is 51.7 Å². The molecule has 57 heavy (non-hydrogen) atoms. The minimum absolute atomic E-state index is 0.0596. The number of methoxy groups -OCH3 is 1. The van der Waals surface area contributed by atoms with Gasteiger partial charge in [0.25, 0.3) is 18.3 Å². The van der Waals surface area contributed by atoms with Gasteiger partial charge in [-0.1, -0.05) is 6.07 Å². The van der Waals surface area contributed by atoms with E-state index in [1.807, 2.05) is 0 Å². The fourth-order valence-corrected chi connectivity index (χ4v) is 5.62. The van der Waals surface area contributed by atoms with Crippen LogP contribution in [-0.2, 0) is 59.2 Å². The number of benzene rings is 1. The summed E-state index contributed by atoms with van der Waals surface area (Å²) in [7, 11) is 2.97. The number of rotatable bonds is 23. The highest BCUT2D eigenvalue weighted by Crippen LogP contribution is 2.31. The highest BCUT2D eigenvalue weighted by atomic mass is 16.7. The van der Waals surface area contributed by atoms with Crippen molar-refractivity contribution in [3.05, 3.63) is 35.9 Å². The molecule has 0 aromatic heterocycles. The second-order valence-corrected chi connectivity index (χ2v) is 12.7. The number of carbonyl (C=O) groups is 8. The third-order valence-corrected chi connectivity index (χ3v) is 8.59. The Hall–Kier alpha value is -5.52. The van der Waals surface area contributed by atoms with E-state index in [9.17, 15) is 58.8 Å². The number of imide groups is 1. The van der Waals surface area contributed by atoms with Gasteiger partial charge in [-0.15, -0.1) is 0 Å². The van der Waals surface area contributed by atoms with E-state index in [2.05, 4.69) is 31.3 Å². The van der Waals surface area contributed by atoms with Crippen LogP contribution in [0.5, 0.6) is 5.75 Å². The molecule has 0 saturated carbocycles. The zero-order valence-electron chi connectivity index (χ0n) is 32.1. The Bertz CT molecular complexity index is 1680. The van der Waals surface area contributed by atoms with Crippen LogP contribution in [0.4, 0.5) is 5.69 Å². The Balaban J connectivity index is 1.71. The van der Waals surface area contributed by atoms with Crippen molar-refractivity contribution >= 4 is 53.5 Å². The molecule has 0 radical (unpaired) electrons. The average molecular weight is 810 g/mol. The number of likely N-dealkylation sites (N-methyl/N-ethyl adjacent to an activating group) is 1. The second kappa shape index (κ2) is 22.9. The van der Waals surface area contributed by atoms with E-state index in [1.54, 1.807) is 0 Å². The second-order valence-electron chi connectivity index (χ2n) is 12.7. The number of nitrogens with one attached hydrogen (secondary N) is 5. The summed E-state index contributed by atoms with van der Waals surface area (Å²) in [6.07, 6.45) is -8.51. The van der Waals surface area contributed by atoms with Gasteiger partial charge in [0.2, 0.25) is 29.9 Å². The van der Waals surface area contributed by atoms with Crippen molar-refractivity contribution in [1.82, 2.24) is 26.2 Å². The van der Waals surface area contributed by atoms with Crippen molar-refractivity contribution in [2.24, 2.45) is 0 Å².